The molecule has 35 heavy (non-hydrogen) atoms. The number of H-pyrrole nitrogens is 1. The maximum Gasteiger partial charge on any atom is 0.330 e. The highest BCUT2D eigenvalue weighted by Gasteiger charge is 2.25. The molecule has 3 rings (SSSR count). The summed E-state index contributed by atoms with van der Waals surface area (Å²) < 4.78 is 11.9. The van der Waals surface area contributed by atoms with Gasteiger partial charge in [0.2, 0.25) is 5.91 Å². The van der Waals surface area contributed by atoms with E-state index in [2.05, 4.69) is 4.98 Å². The van der Waals surface area contributed by atoms with E-state index in [0.29, 0.717) is 23.5 Å². The van der Waals surface area contributed by atoms with Gasteiger partial charge in [-0.15, -0.1) is 0 Å². The normalized spacial score (nSPS) is 10.9. The summed E-state index contributed by atoms with van der Waals surface area (Å²) in [7, 11) is 3.06. The van der Waals surface area contributed by atoms with Crippen molar-refractivity contribution < 1.29 is 14.3 Å². The lowest BCUT2D eigenvalue weighted by molar-refractivity contribution is -0.118. The molecule has 1 amide bonds. The smallest absolute Gasteiger partial charge is 0.330 e. The largest absolute Gasteiger partial charge is 0.493 e. The summed E-state index contributed by atoms with van der Waals surface area (Å²) in [6.07, 6.45) is 0.656. The van der Waals surface area contributed by atoms with Gasteiger partial charge in [0.15, 0.2) is 17.2 Å². The van der Waals surface area contributed by atoms with Crippen LogP contribution in [0.2, 0.25) is 0 Å². The maximum absolute atomic E-state index is 13.5. The Bertz CT molecular complexity index is 1280. The van der Waals surface area contributed by atoms with Crippen LogP contribution >= 0.6 is 0 Å². The van der Waals surface area contributed by atoms with Gasteiger partial charge in [0, 0.05) is 6.54 Å². The summed E-state index contributed by atoms with van der Waals surface area (Å²) in [6.45, 7) is 4.50. The minimum Gasteiger partial charge on any atom is -0.493 e. The quantitative estimate of drug-likeness (QED) is 0.461. The Hall–Kier alpha value is -4.01. The van der Waals surface area contributed by atoms with Crippen LogP contribution in [0.25, 0.3) is 0 Å². The first kappa shape index (κ1) is 25.6. The molecule has 186 valence electrons. The average Bonchev–Trinajstić information content (AvgIpc) is 2.83. The number of carbonyl (C=O) groups is 1. The van der Waals surface area contributed by atoms with E-state index in [9.17, 15) is 14.4 Å². The van der Waals surface area contributed by atoms with Crippen LogP contribution < -0.4 is 31.4 Å². The number of methoxy groups -OCH3 is 2. The van der Waals surface area contributed by atoms with Crippen LogP contribution in [0.5, 0.6) is 11.5 Å². The topological polar surface area (TPSA) is 120 Å². The predicted molar refractivity (Wildman–Crippen MR) is 136 cm³/mol. The lowest BCUT2D eigenvalue weighted by Gasteiger charge is -2.25. The van der Waals surface area contributed by atoms with Gasteiger partial charge in [-0.05, 0) is 35.6 Å². The van der Waals surface area contributed by atoms with Gasteiger partial charge in [-0.2, -0.15) is 0 Å². The number of nitrogens with two attached hydrogens (primary N) is 1. The van der Waals surface area contributed by atoms with Crippen molar-refractivity contribution in [3.63, 3.8) is 0 Å². The molecule has 3 N–H and O–H groups in total. The van der Waals surface area contributed by atoms with Crippen LogP contribution in [0.15, 0.2) is 58.1 Å². The highest BCUT2D eigenvalue weighted by molar-refractivity contribution is 5.96. The highest BCUT2D eigenvalue weighted by atomic mass is 16.5. The van der Waals surface area contributed by atoms with Crippen molar-refractivity contribution in [1.29, 1.82) is 0 Å². The van der Waals surface area contributed by atoms with Crippen molar-refractivity contribution in [2.75, 3.05) is 31.4 Å². The van der Waals surface area contributed by atoms with Crippen LogP contribution in [-0.2, 0) is 17.8 Å². The zero-order valence-electron chi connectivity index (χ0n) is 20.5. The van der Waals surface area contributed by atoms with E-state index in [0.717, 1.165) is 5.56 Å². The fraction of sp³-hybridized carbons (Fsp3) is 0.346. The molecule has 0 fully saturated rings. The summed E-state index contributed by atoms with van der Waals surface area (Å²) in [5, 5.41) is 0. The van der Waals surface area contributed by atoms with Crippen molar-refractivity contribution in [2.24, 2.45) is 5.92 Å². The van der Waals surface area contributed by atoms with Gasteiger partial charge in [0.05, 0.1) is 27.2 Å². The van der Waals surface area contributed by atoms with Crippen LogP contribution in [0.4, 0.5) is 11.5 Å². The second kappa shape index (κ2) is 11.4. The summed E-state index contributed by atoms with van der Waals surface area (Å²) in [6, 6.07) is 14.5. The molecule has 0 saturated heterocycles. The molecule has 1 aromatic heterocycles. The first-order valence-electron chi connectivity index (χ1n) is 11.4. The van der Waals surface area contributed by atoms with Gasteiger partial charge in [-0.25, -0.2) is 4.79 Å². The molecule has 0 unspecified atom stereocenters. The number of nitrogens with one attached hydrogen (secondary N) is 1. The molecule has 0 bridgehead atoms. The van der Waals surface area contributed by atoms with Crippen LogP contribution in [0.3, 0.4) is 0 Å². The molecule has 9 nitrogen and oxygen atoms in total. The van der Waals surface area contributed by atoms with Crippen molar-refractivity contribution in [2.45, 2.75) is 33.2 Å². The molecule has 0 aliphatic carbocycles. The number of hydrogen-bond acceptors (Lipinski definition) is 6. The predicted octanol–water partition coefficient (Wildman–Crippen LogP) is 2.81. The molecule has 3 aromatic rings. The molecular formula is C26H32N4O5. The van der Waals surface area contributed by atoms with Gasteiger partial charge in [-0.3, -0.25) is 19.1 Å². The zero-order chi connectivity index (χ0) is 25.5. The number of carbonyl (C=O) groups excluding carboxylic acids is 1. The van der Waals surface area contributed by atoms with Gasteiger partial charge in [0.1, 0.15) is 5.82 Å². The molecule has 0 aliphatic heterocycles. The van der Waals surface area contributed by atoms with Gasteiger partial charge in [-0.1, -0.05) is 50.2 Å². The highest BCUT2D eigenvalue weighted by Crippen LogP contribution is 2.28. The third-order valence-electron chi connectivity index (χ3n) is 5.70. The number of amides is 1. The van der Waals surface area contributed by atoms with E-state index in [-0.39, 0.29) is 42.8 Å². The Balaban J connectivity index is 2.02. The molecule has 0 aliphatic rings. The Morgan fingerprint density at radius 3 is 2.34 bits per heavy atom. The summed E-state index contributed by atoms with van der Waals surface area (Å²) in [5.74, 6) is 0.961. The summed E-state index contributed by atoms with van der Waals surface area (Å²) in [5.41, 5.74) is 6.55. The average molecular weight is 481 g/mol. The van der Waals surface area contributed by atoms with Crippen LogP contribution in [0.1, 0.15) is 31.4 Å². The van der Waals surface area contributed by atoms with Crippen molar-refractivity contribution in [3.05, 3.63) is 80.5 Å². The Morgan fingerprint density at radius 2 is 1.71 bits per heavy atom. The Morgan fingerprint density at radius 1 is 1.03 bits per heavy atom. The summed E-state index contributed by atoms with van der Waals surface area (Å²) >= 11 is 0. The van der Waals surface area contributed by atoms with Crippen molar-refractivity contribution in [1.82, 2.24) is 9.55 Å². The molecule has 0 atom stereocenters. The Labute approximate surface area is 204 Å². The fourth-order valence-corrected chi connectivity index (χ4v) is 3.77. The third kappa shape index (κ3) is 6.11. The van der Waals surface area contributed by atoms with E-state index in [1.807, 2.05) is 44.2 Å². The van der Waals surface area contributed by atoms with E-state index >= 15 is 0 Å². The lowest BCUT2D eigenvalue weighted by Crippen LogP contribution is -2.42. The number of ether oxygens (including phenoxy) is 2. The molecule has 0 radical (unpaired) electrons. The number of rotatable bonds is 10. The number of aromatic nitrogens is 2. The minimum absolute atomic E-state index is 0.00907. The zero-order valence-corrected chi connectivity index (χ0v) is 20.5. The van der Waals surface area contributed by atoms with Crippen molar-refractivity contribution in [3.8, 4) is 11.5 Å². The van der Waals surface area contributed by atoms with Gasteiger partial charge >= 0.3 is 5.69 Å². The molecule has 0 spiro atoms. The number of anilines is 2. The summed E-state index contributed by atoms with van der Waals surface area (Å²) in [4.78, 5) is 42.7. The molecule has 0 saturated carbocycles. The number of nitrogens with zero attached hydrogens (tertiary/aromatic N) is 2. The Kier molecular flexibility index (Phi) is 8.35. The van der Waals surface area contributed by atoms with Crippen LogP contribution in [0, 0.1) is 5.92 Å². The van der Waals surface area contributed by atoms with E-state index in [1.54, 1.807) is 18.2 Å². The fourth-order valence-electron chi connectivity index (χ4n) is 3.77. The minimum atomic E-state index is -0.693. The van der Waals surface area contributed by atoms with Crippen LogP contribution in [-0.4, -0.2) is 36.2 Å². The molecule has 2 aromatic carbocycles. The van der Waals surface area contributed by atoms with Gasteiger partial charge < -0.3 is 20.1 Å². The van der Waals surface area contributed by atoms with Gasteiger partial charge in [0.25, 0.3) is 5.56 Å². The second-order valence-electron chi connectivity index (χ2n) is 8.66. The molecular weight excluding hydrogens is 448 g/mol. The first-order chi connectivity index (χ1) is 16.7. The lowest BCUT2D eigenvalue weighted by atomic mass is 10.1. The second-order valence-corrected chi connectivity index (χ2v) is 8.66. The number of nitrogen functional groups attached to an aromatic ring is 1. The first-order valence-corrected chi connectivity index (χ1v) is 11.4. The number of hydrogen-bond donors (Lipinski definition) is 2. The SMILES string of the molecule is COc1ccc(CC(=O)N(CCC(C)C)c2c(N)n(Cc3ccccc3)c(=O)[nH]c2=O)cc1OC. The van der Waals surface area contributed by atoms with Crippen molar-refractivity contribution >= 4 is 17.4 Å². The molecule has 1 heterocycles. The standard InChI is InChI=1S/C26H32N4O5/c1-17(2)12-13-29(22(31)15-19-10-11-20(34-3)21(14-19)35-4)23-24(27)30(26(33)28-25(23)32)16-18-8-6-5-7-9-18/h5-11,14,17H,12-13,15-16,27H2,1-4H3,(H,28,32,33). The number of benzene rings is 2. The number of aromatic amines is 1. The van der Waals surface area contributed by atoms with E-state index in [1.165, 1.54) is 23.7 Å². The maximum atomic E-state index is 13.5. The van der Waals surface area contributed by atoms with E-state index in [4.69, 9.17) is 15.2 Å². The van der Waals surface area contributed by atoms with E-state index < -0.39 is 11.2 Å². The monoisotopic (exact) mass is 480 g/mol. The third-order valence-corrected chi connectivity index (χ3v) is 5.70. The molecule has 9 heteroatoms.